The van der Waals surface area contributed by atoms with Crippen LogP contribution in [-0.4, -0.2) is 54.9 Å². The van der Waals surface area contributed by atoms with Gasteiger partial charge in [0.05, 0.1) is 6.34 Å². The van der Waals surface area contributed by atoms with Crippen LogP contribution in [0, 0.1) is 0 Å². The molecule has 5 nitrogen and oxygen atoms in total. The fourth-order valence-corrected chi connectivity index (χ4v) is 2.77. The Hall–Kier alpha value is -1.88. The third kappa shape index (κ3) is 4.56. The summed E-state index contributed by atoms with van der Waals surface area (Å²) in [6.07, 6.45) is 4.14. The van der Waals surface area contributed by atoms with Gasteiger partial charge in [-0.05, 0) is 24.8 Å². The van der Waals surface area contributed by atoms with Gasteiger partial charge in [-0.3, -0.25) is 0 Å². The topological polar surface area (TPSA) is 61.9 Å². The van der Waals surface area contributed by atoms with E-state index in [9.17, 15) is 4.79 Å². The van der Waals surface area contributed by atoms with Gasteiger partial charge in [0.15, 0.2) is 0 Å². The molecule has 5 heteroatoms. The number of hydrogen-bond acceptors (Lipinski definition) is 2. The summed E-state index contributed by atoms with van der Waals surface area (Å²) in [5.74, 6) is 0. The second-order valence-corrected chi connectivity index (χ2v) is 5.48. The van der Waals surface area contributed by atoms with Crippen LogP contribution in [0.4, 0.5) is 4.79 Å². The maximum Gasteiger partial charge on any atom is 0.344 e. The normalized spacial score (nSPS) is 17.2. The van der Waals surface area contributed by atoms with Crippen LogP contribution in [0.5, 0.6) is 0 Å². The van der Waals surface area contributed by atoms with Crippen LogP contribution >= 0.6 is 0 Å². The van der Waals surface area contributed by atoms with Crippen LogP contribution in [0.15, 0.2) is 35.3 Å². The molecular formula is C16H24N4O. The van der Waals surface area contributed by atoms with Crippen molar-refractivity contribution in [2.24, 2.45) is 10.7 Å². The molecule has 1 fully saturated rings. The number of carbonyl (C=O) groups excluding carboxylic acids is 1. The fraction of sp³-hybridized carbons (Fsp3) is 0.500. The highest BCUT2D eigenvalue weighted by Crippen LogP contribution is 2.16. The smallest absolute Gasteiger partial charge is 0.344 e. The molecule has 0 atom stereocenters. The third-order valence-corrected chi connectivity index (χ3v) is 4.15. The van der Waals surface area contributed by atoms with E-state index in [-0.39, 0.29) is 12.1 Å². The van der Waals surface area contributed by atoms with Gasteiger partial charge in [-0.1, -0.05) is 30.3 Å². The molecule has 1 heterocycles. The van der Waals surface area contributed by atoms with Gasteiger partial charge < -0.3 is 15.5 Å². The summed E-state index contributed by atoms with van der Waals surface area (Å²) < 4.78 is 0. The number of piperidine rings is 1. The molecule has 21 heavy (non-hydrogen) atoms. The molecule has 0 aliphatic carbocycles. The SMILES string of the molecule is CN(C(=O)/N=C/N)C1CCN(CCc2ccccc2)CC1. The van der Waals surface area contributed by atoms with E-state index < -0.39 is 0 Å². The van der Waals surface area contributed by atoms with E-state index in [0.29, 0.717) is 0 Å². The molecule has 0 unspecified atom stereocenters. The average molecular weight is 288 g/mol. The van der Waals surface area contributed by atoms with Gasteiger partial charge in [0, 0.05) is 32.7 Å². The Kier molecular flexibility index (Phi) is 5.75. The van der Waals surface area contributed by atoms with E-state index >= 15 is 0 Å². The number of urea groups is 1. The summed E-state index contributed by atoms with van der Waals surface area (Å²) in [4.78, 5) is 19.5. The van der Waals surface area contributed by atoms with Crippen molar-refractivity contribution in [3.8, 4) is 0 Å². The number of hydrogen-bond donors (Lipinski definition) is 1. The Bertz CT molecular complexity index is 466. The molecule has 2 N–H and O–H groups in total. The van der Waals surface area contributed by atoms with Crippen molar-refractivity contribution in [2.45, 2.75) is 25.3 Å². The third-order valence-electron chi connectivity index (χ3n) is 4.15. The van der Waals surface area contributed by atoms with Crippen molar-refractivity contribution in [1.29, 1.82) is 0 Å². The number of nitrogens with zero attached hydrogens (tertiary/aromatic N) is 3. The molecule has 0 spiro atoms. The Balaban J connectivity index is 1.74. The van der Waals surface area contributed by atoms with Crippen LogP contribution < -0.4 is 5.73 Å². The number of rotatable bonds is 4. The number of carbonyl (C=O) groups is 1. The molecule has 2 amide bonds. The van der Waals surface area contributed by atoms with Gasteiger partial charge in [-0.15, -0.1) is 0 Å². The first-order valence-electron chi connectivity index (χ1n) is 7.48. The number of nitrogens with two attached hydrogens (primary N) is 1. The molecule has 2 rings (SSSR count). The number of benzene rings is 1. The van der Waals surface area contributed by atoms with E-state index in [1.54, 1.807) is 11.9 Å². The predicted molar refractivity (Wildman–Crippen MR) is 85.4 cm³/mol. The molecular weight excluding hydrogens is 264 g/mol. The van der Waals surface area contributed by atoms with Gasteiger partial charge in [0.1, 0.15) is 0 Å². The number of likely N-dealkylation sites (tertiary alicyclic amines) is 1. The van der Waals surface area contributed by atoms with Gasteiger partial charge in [-0.25, -0.2) is 4.79 Å². The lowest BCUT2D eigenvalue weighted by Gasteiger charge is -2.36. The van der Waals surface area contributed by atoms with Gasteiger partial charge in [-0.2, -0.15) is 4.99 Å². The lowest BCUT2D eigenvalue weighted by atomic mass is 10.0. The standard InChI is InChI=1S/C16H24N4O/c1-19(16(21)18-13-17)15-8-11-20(12-9-15)10-7-14-5-3-2-4-6-14/h2-6,13,15H,7-12H2,1H3,(H2,17,18,21). The van der Waals surface area contributed by atoms with Crippen LogP contribution in [0.2, 0.25) is 0 Å². The van der Waals surface area contributed by atoms with Crippen molar-refractivity contribution in [1.82, 2.24) is 9.80 Å². The summed E-state index contributed by atoms with van der Waals surface area (Å²) in [7, 11) is 1.81. The highest BCUT2D eigenvalue weighted by molar-refractivity contribution is 5.82. The summed E-state index contributed by atoms with van der Waals surface area (Å²) in [6, 6.07) is 10.6. The number of amides is 2. The van der Waals surface area contributed by atoms with Crippen molar-refractivity contribution < 1.29 is 4.79 Å². The molecule has 114 valence electrons. The molecule has 1 aromatic rings. The molecule has 1 aliphatic rings. The minimum atomic E-state index is -0.250. The van der Waals surface area contributed by atoms with Gasteiger partial charge in [0.25, 0.3) is 0 Å². The van der Waals surface area contributed by atoms with E-state index in [0.717, 1.165) is 45.2 Å². The van der Waals surface area contributed by atoms with Crippen molar-refractivity contribution in [3.63, 3.8) is 0 Å². The van der Waals surface area contributed by atoms with Gasteiger partial charge >= 0.3 is 6.03 Å². The zero-order valence-electron chi connectivity index (χ0n) is 12.6. The van der Waals surface area contributed by atoms with Crippen LogP contribution in [0.1, 0.15) is 18.4 Å². The summed E-state index contributed by atoms with van der Waals surface area (Å²) >= 11 is 0. The molecule has 1 aliphatic heterocycles. The van der Waals surface area contributed by atoms with E-state index in [1.165, 1.54) is 5.56 Å². The first-order valence-corrected chi connectivity index (χ1v) is 7.48. The minimum absolute atomic E-state index is 0.250. The van der Waals surface area contributed by atoms with Crippen molar-refractivity contribution in [3.05, 3.63) is 35.9 Å². The second kappa shape index (κ2) is 7.78. The Morgan fingerprint density at radius 2 is 2.05 bits per heavy atom. The Labute approximate surface area is 126 Å². The fourth-order valence-electron chi connectivity index (χ4n) is 2.77. The largest absolute Gasteiger partial charge is 0.390 e. The van der Waals surface area contributed by atoms with Crippen LogP contribution in [0.25, 0.3) is 0 Å². The zero-order chi connectivity index (χ0) is 15.1. The maximum absolute atomic E-state index is 11.7. The van der Waals surface area contributed by atoms with Crippen LogP contribution in [0.3, 0.4) is 0 Å². The first kappa shape index (κ1) is 15.5. The van der Waals surface area contributed by atoms with E-state index in [1.807, 2.05) is 6.07 Å². The molecule has 0 aromatic heterocycles. The average Bonchev–Trinajstić information content (AvgIpc) is 2.54. The molecule has 0 radical (unpaired) electrons. The summed E-state index contributed by atoms with van der Waals surface area (Å²) in [5.41, 5.74) is 6.55. The minimum Gasteiger partial charge on any atom is -0.390 e. The maximum atomic E-state index is 11.7. The van der Waals surface area contributed by atoms with Gasteiger partial charge in [0.2, 0.25) is 0 Å². The second-order valence-electron chi connectivity index (χ2n) is 5.48. The molecule has 0 bridgehead atoms. The van der Waals surface area contributed by atoms with Crippen LogP contribution in [-0.2, 0) is 6.42 Å². The molecule has 1 saturated heterocycles. The zero-order valence-corrected chi connectivity index (χ0v) is 12.6. The lowest BCUT2D eigenvalue weighted by Crippen LogP contribution is -2.45. The lowest BCUT2D eigenvalue weighted by molar-refractivity contribution is 0.140. The van der Waals surface area contributed by atoms with Crippen molar-refractivity contribution in [2.75, 3.05) is 26.7 Å². The Morgan fingerprint density at radius 1 is 1.38 bits per heavy atom. The number of aliphatic imine (C=N–C) groups is 1. The quantitative estimate of drug-likeness (QED) is 0.678. The molecule has 1 aromatic carbocycles. The Morgan fingerprint density at radius 3 is 2.67 bits per heavy atom. The first-order chi connectivity index (χ1) is 10.2. The van der Waals surface area contributed by atoms with E-state index in [4.69, 9.17) is 5.73 Å². The summed E-state index contributed by atoms with van der Waals surface area (Å²) in [5, 5.41) is 0. The van der Waals surface area contributed by atoms with E-state index in [2.05, 4.69) is 34.2 Å². The summed E-state index contributed by atoms with van der Waals surface area (Å²) in [6.45, 7) is 3.14. The highest BCUT2D eigenvalue weighted by atomic mass is 16.2. The molecule has 0 saturated carbocycles. The predicted octanol–water partition coefficient (Wildman–Crippen LogP) is 1.73. The monoisotopic (exact) mass is 288 g/mol. The highest BCUT2D eigenvalue weighted by Gasteiger charge is 2.24. The van der Waals surface area contributed by atoms with Crippen molar-refractivity contribution >= 4 is 12.4 Å².